The van der Waals surface area contributed by atoms with Crippen LogP contribution in [0.15, 0.2) is 43.0 Å². The van der Waals surface area contributed by atoms with Crippen molar-refractivity contribution in [1.82, 2.24) is 9.55 Å². The van der Waals surface area contributed by atoms with Crippen molar-refractivity contribution in [2.45, 2.75) is 32.7 Å². The topological polar surface area (TPSA) is 46.9 Å². The minimum absolute atomic E-state index is 0.0189. The molecule has 0 aliphatic heterocycles. The van der Waals surface area contributed by atoms with E-state index in [4.69, 9.17) is 0 Å². The Morgan fingerprint density at radius 2 is 2.11 bits per heavy atom. The maximum absolute atomic E-state index is 11.9. The van der Waals surface area contributed by atoms with E-state index in [0.29, 0.717) is 6.42 Å². The molecule has 0 fully saturated rings. The first kappa shape index (κ1) is 13.3. The van der Waals surface area contributed by atoms with Crippen molar-refractivity contribution in [3.8, 4) is 0 Å². The van der Waals surface area contributed by atoms with Gasteiger partial charge in [0.1, 0.15) is 0 Å². The molecule has 4 nitrogen and oxygen atoms in total. The lowest BCUT2D eigenvalue weighted by molar-refractivity contribution is -0.116. The van der Waals surface area contributed by atoms with Crippen molar-refractivity contribution in [2.24, 2.45) is 0 Å². The number of hydrogen-bond acceptors (Lipinski definition) is 2. The average molecular weight is 257 g/mol. The van der Waals surface area contributed by atoms with Gasteiger partial charge in [-0.05, 0) is 31.0 Å². The third kappa shape index (κ3) is 3.68. The Hall–Kier alpha value is -2.10. The maximum atomic E-state index is 11.9. The molecular formula is C15H19N3O. The Morgan fingerprint density at radius 1 is 1.37 bits per heavy atom. The van der Waals surface area contributed by atoms with E-state index in [2.05, 4.69) is 17.2 Å². The van der Waals surface area contributed by atoms with Gasteiger partial charge in [-0.2, -0.15) is 0 Å². The zero-order valence-electron chi connectivity index (χ0n) is 11.3. The third-order valence-electron chi connectivity index (χ3n) is 3.16. The fourth-order valence-corrected chi connectivity index (χ4v) is 1.94. The van der Waals surface area contributed by atoms with Crippen LogP contribution in [-0.4, -0.2) is 15.5 Å². The lowest BCUT2D eigenvalue weighted by Crippen LogP contribution is -2.16. The number of aromatic nitrogens is 2. The third-order valence-corrected chi connectivity index (χ3v) is 3.16. The number of rotatable bonds is 5. The summed E-state index contributed by atoms with van der Waals surface area (Å²) in [5, 5.41) is 2.91. The Kier molecular flexibility index (Phi) is 4.34. The van der Waals surface area contributed by atoms with E-state index in [1.165, 1.54) is 5.56 Å². The predicted octanol–water partition coefficient (Wildman–Crippen LogP) is 3.04. The lowest BCUT2D eigenvalue weighted by atomic mass is 10.1. The van der Waals surface area contributed by atoms with Crippen LogP contribution in [0.25, 0.3) is 0 Å². The summed E-state index contributed by atoms with van der Waals surface area (Å²) in [7, 11) is 0. The summed E-state index contributed by atoms with van der Waals surface area (Å²) in [4.78, 5) is 15.9. The second-order valence-corrected chi connectivity index (χ2v) is 4.66. The molecule has 0 aliphatic rings. The molecular weight excluding hydrogens is 238 g/mol. The summed E-state index contributed by atoms with van der Waals surface area (Å²) >= 11 is 0. The fraction of sp³-hybridized carbons (Fsp3) is 0.333. The molecule has 0 bridgehead atoms. The van der Waals surface area contributed by atoms with Gasteiger partial charge in [0.05, 0.1) is 6.33 Å². The van der Waals surface area contributed by atoms with Crippen LogP contribution in [0.3, 0.4) is 0 Å². The van der Waals surface area contributed by atoms with Crippen LogP contribution in [0, 0.1) is 0 Å². The molecule has 0 aliphatic carbocycles. The molecule has 1 aromatic heterocycles. The first-order valence-electron chi connectivity index (χ1n) is 6.55. The molecule has 1 heterocycles. The van der Waals surface area contributed by atoms with Gasteiger partial charge in [-0.1, -0.05) is 19.1 Å². The summed E-state index contributed by atoms with van der Waals surface area (Å²) in [6.45, 7) is 4.11. The molecule has 0 spiro atoms. The average Bonchev–Trinajstić information content (AvgIpc) is 2.93. The summed E-state index contributed by atoms with van der Waals surface area (Å²) < 4.78 is 1.93. The molecule has 100 valence electrons. The molecule has 2 rings (SSSR count). The number of benzene rings is 1. The van der Waals surface area contributed by atoms with Crippen LogP contribution < -0.4 is 5.32 Å². The van der Waals surface area contributed by atoms with Gasteiger partial charge >= 0.3 is 0 Å². The van der Waals surface area contributed by atoms with Gasteiger partial charge in [0.25, 0.3) is 0 Å². The van der Waals surface area contributed by atoms with E-state index in [9.17, 15) is 4.79 Å². The van der Waals surface area contributed by atoms with Gasteiger partial charge in [-0.3, -0.25) is 4.79 Å². The molecule has 0 saturated carbocycles. The van der Waals surface area contributed by atoms with E-state index >= 15 is 0 Å². The van der Waals surface area contributed by atoms with Crippen molar-refractivity contribution in [1.29, 1.82) is 0 Å². The predicted molar refractivity (Wildman–Crippen MR) is 76.0 cm³/mol. The van der Waals surface area contributed by atoms with Gasteiger partial charge in [0.2, 0.25) is 5.91 Å². The van der Waals surface area contributed by atoms with Crippen LogP contribution in [0.5, 0.6) is 0 Å². The van der Waals surface area contributed by atoms with Crippen molar-refractivity contribution in [3.05, 3.63) is 48.5 Å². The van der Waals surface area contributed by atoms with E-state index in [-0.39, 0.29) is 11.9 Å². The lowest BCUT2D eigenvalue weighted by Gasteiger charge is -2.13. The van der Waals surface area contributed by atoms with E-state index in [0.717, 1.165) is 12.1 Å². The van der Waals surface area contributed by atoms with Crippen LogP contribution in [0.1, 0.15) is 31.9 Å². The summed E-state index contributed by atoms with van der Waals surface area (Å²) in [5.74, 6) is 0.0189. The van der Waals surface area contributed by atoms with Crippen LogP contribution in [0.4, 0.5) is 5.69 Å². The number of anilines is 1. The van der Waals surface area contributed by atoms with E-state index in [1.54, 1.807) is 12.5 Å². The molecule has 2 aromatic rings. The number of nitrogens with zero attached hydrogens (tertiary/aromatic N) is 2. The summed E-state index contributed by atoms with van der Waals surface area (Å²) in [6, 6.07) is 8.07. The smallest absolute Gasteiger partial charge is 0.226 e. The molecule has 4 heteroatoms. The molecule has 0 saturated heterocycles. The highest BCUT2D eigenvalue weighted by Crippen LogP contribution is 2.14. The van der Waals surface area contributed by atoms with Gasteiger partial charge in [-0.25, -0.2) is 4.98 Å². The number of imidazole rings is 1. The summed E-state index contributed by atoms with van der Waals surface area (Å²) in [6.07, 6.45) is 6.76. The Bertz CT molecular complexity index is 517. The Labute approximate surface area is 113 Å². The first-order chi connectivity index (χ1) is 9.19. The number of aryl methyl sites for hydroxylation is 1. The van der Waals surface area contributed by atoms with Crippen LogP contribution >= 0.6 is 0 Å². The number of amides is 1. The number of nitrogens with one attached hydrogen (secondary N) is 1. The molecule has 19 heavy (non-hydrogen) atoms. The quantitative estimate of drug-likeness (QED) is 0.895. The number of carbonyl (C=O) groups is 1. The van der Waals surface area contributed by atoms with E-state index in [1.807, 2.05) is 42.0 Å². The second kappa shape index (κ2) is 6.18. The second-order valence-electron chi connectivity index (χ2n) is 4.66. The van der Waals surface area contributed by atoms with Gasteiger partial charge < -0.3 is 9.88 Å². The standard InChI is InChI=1S/C15H19N3O/c1-3-13-4-6-14(7-5-13)17-15(19)10-12(2)18-9-8-16-11-18/h4-9,11-12H,3,10H2,1-2H3,(H,17,19)/t12-/m1/s1. The van der Waals surface area contributed by atoms with Crippen molar-refractivity contribution in [3.63, 3.8) is 0 Å². The fourth-order valence-electron chi connectivity index (χ4n) is 1.94. The largest absolute Gasteiger partial charge is 0.334 e. The van der Waals surface area contributed by atoms with Crippen molar-refractivity contribution < 1.29 is 4.79 Å². The molecule has 1 N–H and O–H groups in total. The molecule has 1 aromatic carbocycles. The normalized spacial score (nSPS) is 12.1. The highest BCUT2D eigenvalue weighted by molar-refractivity contribution is 5.90. The van der Waals surface area contributed by atoms with Gasteiger partial charge in [0.15, 0.2) is 0 Å². The van der Waals surface area contributed by atoms with Gasteiger partial charge in [0, 0.05) is 30.5 Å². The molecule has 1 amide bonds. The Balaban J connectivity index is 1.90. The minimum Gasteiger partial charge on any atom is -0.334 e. The summed E-state index contributed by atoms with van der Waals surface area (Å²) in [5.41, 5.74) is 2.12. The minimum atomic E-state index is 0.0189. The highest BCUT2D eigenvalue weighted by atomic mass is 16.1. The van der Waals surface area contributed by atoms with Crippen LogP contribution in [-0.2, 0) is 11.2 Å². The molecule has 0 radical (unpaired) electrons. The SMILES string of the molecule is CCc1ccc(NC(=O)C[C@@H](C)n2ccnc2)cc1. The zero-order valence-corrected chi connectivity index (χ0v) is 11.3. The van der Waals surface area contributed by atoms with Crippen molar-refractivity contribution in [2.75, 3.05) is 5.32 Å². The van der Waals surface area contributed by atoms with Crippen molar-refractivity contribution >= 4 is 11.6 Å². The maximum Gasteiger partial charge on any atom is 0.226 e. The zero-order chi connectivity index (χ0) is 13.7. The first-order valence-corrected chi connectivity index (χ1v) is 6.55. The van der Waals surface area contributed by atoms with Crippen LogP contribution in [0.2, 0.25) is 0 Å². The molecule has 0 unspecified atom stereocenters. The van der Waals surface area contributed by atoms with E-state index < -0.39 is 0 Å². The highest BCUT2D eigenvalue weighted by Gasteiger charge is 2.10. The number of hydrogen-bond donors (Lipinski definition) is 1. The monoisotopic (exact) mass is 257 g/mol. The van der Waals surface area contributed by atoms with Gasteiger partial charge in [-0.15, -0.1) is 0 Å². The Morgan fingerprint density at radius 3 is 2.68 bits per heavy atom. The number of carbonyl (C=O) groups excluding carboxylic acids is 1. The molecule has 1 atom stereocenters.